The van der Waals surface area contributed by atoms with E-state index < -0.39 is 10.9 Å². The Morgan fingerprint density at radius 1 is 1.71 bits per heavy atom. The summed E-state index contributed by atoms with van der Waals surface area (Å²) < 4.78 is 4.66. The van der Waals surface area contributed by atoms with Crippen LogP contribution in [0.15, 0.2) is 18.3 Å². The van der Waals surface area contributed by atoms with Crippen molar-refractivity contribution in [2.24, 2.45) is 0 Å². The maximum atomic E-state index is 11.0. The van der Waals surface area contributed by atoms with Crippen LogP contribution in [0.3, 0.4) is 0 Å². The van der Waals surface area contributed by atoms with Crippen molar-refractivity contribution in [3.8, 4) is 0 Å². The minimum Gasteiger partial charge on any atom is -0.463 e. The van der Waals surface area contributed by atoms with Crippen LogP contribution < -0.4 is 5.73 Å². The minimum absolute atomic E-state index is 0.164. The molecule has 0 bridgehead atoms. The maximum absolute atomic E-state index is 11.0. The molecule has 0 saturated heterocycles. The smallest absolute Gasteiger partial charge is 0.330 e. The van der Waals surface area contributed by atoms with Crippen molar-refractivity contribution in [1.29, 1.82) is 0 Å². The molecule has 17 heavy (non-hydrogen) atoms. The topological polar surface area (TPSA) is 108 Å². The Balaban J connectivity index is 2.89. The van der Waals surface area contributed by atoms with Crippen LogP contribution in [0.25, 0.3) is 6.08 Å². The second-order valence-corrected chi connectivity index (χ2v) is 3.02. The Bertz CT molecular complexity index is 471. The van der Waals surface area contributed by atoms with E-state index in [-0.39, 0.29) is 18.1 Å². The first-order chi connectivity index (χ1) is 8.04. The van der Waals surface area contributed by atoms with E-state index >= 15 is 0 Å². The fraction of sp³-hybridized carbons (Fsp3) is 0.200. The summed E-state index contributed by atoms with van der Waals surface area (Å²) in [5.74, 6) is -0.685. The van der Waals surface area contributed by atoms with Gasteiger partial charge in [-0.1, -0.05) is 0 Å². The SMILES string of the molecule is CCOC(=O)C=Cc1cnc(N)c([N+](=O)[O-])c1. The van der Waals surface area contributed by atoms with Crippen LogP contribution in [0, 0.1) is 10.1 Å². The van der Waals surface area contributed by atoms with Gasteiger partial charge in [-0.2, -0.15) is 0 Å². The number of rotatable bonds is 4. The number of nitro groups is 1. The van der Waals surface area contributed by atoms with Crippen LogP contribution in [0.1, 0.15) is 12.5 Å². The molecule has 1 aromatic heterocycles. The third-order valence-corrected chi connectivity index (χ3v) is 1.81. The van der Waals surface area contributed by atoms with Crippen LogP contribution in [0.2, 0.25) is 0 Å². The molecule has 1 aromatic rings. The van der Waals surface area contributed by atoms with Crippen LogP contribution in [-0.2, 0) is 9.53 Å². The van der Waals surface area contributed by atoms with Crippen molar-refractivity contribution >= 4 is 23.6 Å². The number of hydrogen-bond acceptors (Lipinski definition) is 6. The van der Waals surface area contributed by atoms with E-state index in [2.05, 4.69) is 9.72 Å². The largest absolute Gasteiger partial charge is 0.463 e. The molecule has 7 nitrogen and oxygen atoms in total. The lowest BCUT2D eigenvalue weighted by molar-refractivity contribution is -0.384. The van der Waals surface area contributed by atoms with Gasteiger partial charge in [0, 0.05) is 23.9 Å². The first-order valence-corrected chi connectivity index (χ1v) is 4.79. The van der Waals surface area contributed by atoms with Crippen molar-refractivity contribution in [2.45, 2.75) is 6.92 Å². The number of carbonyl (C=O) groups is 1. The molecule has 0 atom stereocenters. The van der Waals surface area contributed by atoms with Gasteiger partial charge in [0.25, 0.3) is 0 Å². The second kappa shape index (κ2) is 5.59. The summed E-state index contributed by atoms with van der Waals surface area (Å²) in [6, 6.07) is 1.23. The van der Waals surface area contributed by atoms with E-state index in [1.165, 1.54) is 24.4 Å². The second-order valence-electron chi connectivity index (χ2n) is 3.02. The molecule has 0 radical (unpaired) electrons. The zero-order valence-electron chi connectivity index (χ0n) is 9.12. The van der Waals surface area contributed by atoms with Gasteiger partial charge < -0.3 is 10.5 Å². The highest BCUT2D eigenvalue weighted by molar-refractivity contribution is 5.87. The molecule has 90 valence electrons. The van der Waals surface area contributed by atoms with E-state index in [0.29, 0.717) is 5.56 Å². The lowest BCUT2D eigenvalue weighted by atomic mass is 10.2. The van der Waals surface area contributed by atoms with E-state index in [4.69, 9.17) is 5.73 Å². The quantitative estimate of drug-likeness (QED) is 0.364. The molecule has 0 aliphatic carbocycles. The highest BCUT2D eigenvalue weighted by Gasteiger charge is 2.12. The number of carbonyl (C=O) groups excluding carboxylic acids is 1. The predicted molar refractivity (Wildman–Crippen MR) is 61.0 cm³/mol. The number of hydrogen-bond donors (Lipinski definition) is 1. The highest BCUT2D eigenvalue weighted by atomic mass is 16.6. The number of ether oxygens (including phenoxy) is 1. The van der Waals surface area contributed by atoms with Crippen molar-refractivity contribution in [2.75, 3.05) is 12.3 Å². The molecule has 0 aliphatic heterocycles. The van der Waals surface area contributed by atoms with E-state index in [9.17, 15) is 14.9 Å². The number of nitrogens with two attached hydrogens (primary N) is 1. The molecule has 1 heterocycles. The molecule has 1 rings (SSSR count). The molecule has 2 N–H and O–H groups in total. The lowest BCUT2D eigenvalue weighted by Crippen LogP contribution is -2.00. The fourth-order valence-corrected chi connectivity index (χ4v) is 1.07. The molecule has 0 spiro atoms. The van der Waals surface area contributed by atoms with Crippen molar-refractivity contribution < 1.29 is 14.5 Å². The molecule has 0 fully saturated rings. The van der Waals surface area contributed by atoms with Gasteiger partial charge in [-0.25, -0.2) is 9.78 Å². The van der Waals surface area contributed by atoms with Crippen LogP contribution in [0.5, 0.6) is 0 Å². The van der Waals surface area contributed by atoms with Crippen LogP contribution >= 0.6 is 0 Å². The monoisotopic (exact) mass is 237 g/mol. The number of nitrogen functional groups attached to an aromatic ring is 1. The lowest BCUT2D eigenvalue weighted by Gasteiger charge is -1.98. The maximum Gasteiger partial charge on any atom is 0.330 e. The summed E-state index contributed by atoms with van der Waals surface area (Å²) in [6.45, 7) is 1.95. The first kappa shape index (κ1) is 12.6. The molecule has 0 amide bonds. The molecule has 0 aromatic carbocycles. The predicted octanol–water partition coefficient (Wildman–Crippen LogP) is 1.15. The average Bonchev–Trinajstić information content (AvgIpc) is 2.28. The zero-order valence-corrected chi connectivity index (χ0v) is 9.12. The standard InChI is InChI=1S/C10H11N3O4/c1-2-17-9(14)4-3-7-5-8(13(15)16)10(11)12-6-7/h3-6H,2H2,1H3,(H2,11,12). The number of nitrogens with zero attached hydrogens (tertiary/aromatic N) is 2. The summed E-state index contributed by atoms with van der Waals surface area (Å²) in [7, 11) is 0. The Kier molecular flexibility index (Phi) is 4.15. The van der Waals surface area contributed by atoms with Gasteiger partial charge in [0.15, 0.2) is 0 Å². The van der Waals surface area contributed by atoms with Gasteiger partial charge in [-0.15, -0.1) is 0 Å². The third kappa shape index (κ3) is 3.56. The first-order valence-electron chi connectivity index (χ1n) is 4.79. The van der Waals surface area contributed by atoms with Crippen molar-refractivity contribution in [3.63, 3.8) is 0 Å². The van der Waals surface area contributed by atoms with Crippen molar-refractivity contribution in [3.05, 3.63) is 34.0 Å². The summed E-state index contributed by atoms with van der Waals surface area (Å²) in [5.41, 5.74) is 5.43. The Morgan fingerprint density at radius 3 is 3.00 bits per heavy atom. The number of pyridine rings is 1. The fourth-order valence-electron chi connectivity index (χ4n) is 1.07. The van der Waals surface area contributed by atoms with Crippen LogP contribution in [-0.4, -0.2) is 22.5 Å². The van der Waals surface area contributed by atoms with Gasteiger partial charge in [0.2, 0.25) is 5.82 Å². The number of aromatic nitrogens is 1. The molecule has 7 heteroatoms. The normalized spacial score (nSPS) is 10.4. The van der Waals surface area contributed by atoms with E-state index in [0.717, 1.165) is 0 Å². The molecule has 0 unspecified atom stereocenters. The molecule has 0 saturated carbocycles. The molecule has 0 aliphatic rings. The summed E-state index contributed by atoms with van der Waals surface area (Å²) in [6.07, 6.45) is 3.87. The van der Waals surface area contributed by atoms with E-state index in [1.807, 2.05) is 0 Å². The van der Waals surface area contributed by atoms with Gasteiger partial charge in [0.05, 0.1) is 11.5 Å². The third-order valence-electron chi connectivity index (χ3n) is 1.81. The van der Waals surface area contributed by atoms with Crippen LogP contribution in [0.4, 0.5) is 11.5 Å². The Hall–Kier alpha value is -2.44. The van der Waals surface area contributed by atoms with Crippen molar-refractivity contribution in [1.82, 2.24) is 4.98 Å². The van der Waals surface area contributed by atoms with Gasteiger partial charge in [-0.05, 0) is 13.0 Å². The highest BCUT2D eigenvalue weighted by Crippen LogP contribution is 2.20. The zero-order chi connectivity index (χ0) is 12.8. The van der Waals surface area contributed by atoms with Gasteiger partial charge in [-0.3, -0.25) is 10.1 Å². The van der Waals surface area contributed by atoms with Gasteiger partial charge >= 0.3 is 11.7 Å². The molecular formula is C10H11N3O4. The Morgan fingerprint density at radius 2 is 2.41 bits per heavy atom. The molecular weight excluding hydrogens is 226 g/mol. The number of esters is 1. The summed E-state index contributed by atoms with van der Waals surface area (Å²) in [4.78, 5) is 24.6. The summed E-state index contributed by atoms with van der Waals surface area (Å²) >= 11 is 0. The summed E-state index contributed by atoms with van der Waals surface area (Å²) in [5, 5.41) is 10.6. The van der Waals surface area contributed by atoms with E-state index in [1.54, 1.807) is 6.92 Å². The number of anilines is 1. The minimum atomic E-state index is -0.635. The van der Waals surface area contributed by atoms with Gasteiger partial charge in [0.1, 0.15) is 0 Å². The Labute approximate surface area is 97.1 Å². The average molecular weight is 237 g/mol.